The lowest BCUT2D eigenvalue weighted by Crippen LogP contribution is -2.52. The molecular formula is C17H21N3OS. The van der Waals surface area contributed by atoms with Crippen LogP contribution in [0.2, 0.25) is 0 Å². The Kier molecular flexibility index (Phi) is 3.76. The van der Waals surface area contributed by atoms with Gasteiger partial charge in [-0.2, -0.15) is 0 Å². The van der Waals surface area contributed by atoms with E-state index in [0.29, 0.717) is 6.04 Å². The van der Waals surface area contributed by atoms with E-state index in [-0.39, 0.29) is 5.91 Å². The Labute approximate surface area is 135 Å². The van der Waals surface area contributed by atoms with Gasteiger partial charge in [0.1, 0.15) is 5.69 Å². The maximum atomic E-state index is 12.9. The molecule has 1 amide bonds. The van der Waals surface area contributed by atoms with Crippen molar-refractivity contribution in [3.63, 3.8) is 0 Å². The normalized spacial score (nSPS) is 22.0. The highest BCUT2D eigenvalue weighted by Crippen LogP contribution is 2.23. The molecule has 0 bridgehead atoms. The average Bonchev–Trinajstić information content (AvgIpc) is 3.27. The zero-order valence-electron chi connectivity index (χ0n) is 12.6. The Morgan fingerprint density at radius 1 is 1.23 bits per heavy atom. The summed E-state index contributed by atoms with van der Waals surface area (Å²) >= 11 is 1.74. The van der Waals surface area contributed by atoms with Crippen molar-refractivity contribution in [3.05, 3.63) is 46.4 Å². The number of rotatable bonds is 3. The number of carbonyl (C=O) groups excluding carboxylic acids is 1. The van der Waals surface area contributed by atoms with Gasteiger partial charge in [0.05, 0.1) is 6.54 Å². The molecule has 116 valence electrons. The Morgan fingerprint density at radius 2 is 2.18 bits per heavy atom. The average molecular weight is 315 g/mol. The van der Waals surface area contributed by atoms with E-state index in [1.807, 2.05) is 23.2 Å². The van der Waals surface area contributed by atoms with E-state index in [9.17, 15) is 4.79 Å². The standard InChI is InChI=1S/C17H21N3OS/c21-17(20-10-9-18-7-1-4-14(18)12-20)16-6-2-8-19(16)13-15-5-3-11-22-15/h2-3,5-6,8,11,14H,1,4,7,9-10,12-13H2/t14-/m0/s1. The van der Waals surface area contributed by atoms with Crippen LogP contribution >= 0.6 is 11.3 Å². The third-order valence-corrected chi connectivity index (χ3v) is 5.69. The van der Waals surface area contributed by atoms with Crippen molar-refractivity contribution in [1.82, 2.24) is 14.4 Å². The monoisotopic (exact) mass is 315 g/mol. The van der Waals surface area contributed by atoms with Crippen LogP contribution in [0.3, 0.4) is 0 Å². The summed E-state index contributed by atoms with van der Waals surface area (Å²) in [6, 6.07) is 8.70. The summed E-state index contributed by atoms with van der Waals surface area (Å²) in [5.41, 5.74) is 0.819. The van der Waals surface area contributed by atoms with E-state index >= 15 is 0 Å². The molecule has 2 aromatic heterocycles. The molecule has 0 radical (unpaired) electrons. The second-order valence-corrected chi connectivity index (χ2v) is 7.22. The van der Waals surface area contributed by atoms with Crippen molar-refractivity contribution >= 4 is 17.2 Å². The first-order valence-corrected chi connectivity index (χ1v) is 8.90. The number of amides is 1. The number of thiophene rings is 1. The number of nitrogens with zero attached hydrogens (tertiary/aromatic N) is 3. The Balaban J connectivity index is 1.50. The SMILES string of the molecule is O=C(c1cccn1Cc1cccs1)N1CCN2CCC[C@H]2C1. The Bertz CT molecular complexity index is 649. The summed E-state index contributed by atoms with van der Waals surface area (Å²) in [6.07, 6.45) is 4.53. The van der Waals surface area contributed by atoms with Crippen LogP contribution in [0.15, 0.2) is 35.8 Å². The Hall–Kier alpha value is -1.59. The second kappa shape index (κ2) is 5.89. The molecule has 1 atom stereocenters. The molecule has 0 saturated carbocycles. The van der Waals surface area contributed by atoms with Gasteiger partial charge < -0.3 is 9.47 Å². The molecule has 2 fully saturated rings. The minimum Gasteiger partial charge on any atom is -0.338 e. The highest BCUT2D eigenvalue weighted by molar-refractivity contribution is 7.09. The van der Waals surface area contributed by atoms with Crippen LogP contribution in [0.1, 0.15) is 28.2 Å². The molecule has 4 nitrogen and oxygen atoms in total. The van der Waals surface area contributed by atoms with Crippen molar-refractivity contribution in [2.24, 2.45) is 0 Å². The zero-order chi connectivity index (χ0) is 14.9. The highest BCUT2D eigenvalue weighted by atomic mass is 32.1. The molecule has 2 aromatic rings. The second-order valence-electron chi connectivity index (χ2n) is 6.18. The van der Waals surface area contributed by atoms with Gasteiger partial charge in [-0.05, 0) is 43.0 Å². The van der Waals surface area contributed by atoms with E-state index in [2.05, 4.69) is 27.0 Å². The van der Waals surface area contributed by atoms with Gasteiger partial charge >= 0.3 is 0 Å². The van der Waals surface area contributed by atoms with Gasteiger partial charge in [0.25, 0.3) is 5.91 Å². The van der Waals surface area contributed by atoms with Gasteiger partial charge in [-0.15, -0.1) is 11.3 Å². The molecule has 4 rings (SSSR count). The van der Waals surface area contributed by atoms with Crippen molar-refractivity contribution in [3.8, 4) is 0 Å². The van der Waals surface area contributed by atoms with Crippen LogP contribution in [-0.4, -0.2) is 52.5 Å². The van der Waals surface area contributed by atoms with Gasteiger partial charge in [0, 0.05) is 36.8 Å². The maximum absolute atomic E-state index is 12.9. The largest absolute Gasteiger partial charge is 0.338 e. The summed E-state index contributed by atoms with van der Waals surface area (Å²) in [4.78, 5) is 18.8. The first-order valence-electron chi connectivity index (χ1n) is 8.02. The lowest BCUT2D eigenvalue weighted by Gasteiger charge is -2.37. The molecule has 0 aliphatic carbocycles. The van der Waals surface area contributed by atoms with Crippen LogP contribution in [-0.2, 0) is 6.54 Å². The number of piperazine rings is 1. The van der Waals surface area contributed by atoms with Gasteiger partial charge in [0.2, 0.25) is 0 Å². The fourth-order valence-electron chi connectivity index (χ4n) is 3.65. The molecule has 4 heterocycles. The summed E-state index contributed by atoms with van der Waals surface area (Å²) in [5, 5.41) is 2.08. The lowest BCUT2D eigenvalue weighted by molar-refractivity contribution is 0.0561. The van der Waals surface area contributed by atoms with Crippen LogP contribution < -0.4 is 0 Å². The molecule has 5 heteroatoms. The fraction of sp³-hybridized carbons (Fsp3) is 0.471. The topological polar surface area (TPSA) is 28.5 Å². The van der Waals surface area contributed by atoms with E-state index in [0.717, 1.165) is 31.9 Å². The van der Waals surface area contributed by atoms with Crippen LogP contribution in [0.4, 0.5) is 0 Å². The van der Waals surface area contributed by atoms with E-state index in [1.165, 1.54) is 24.3 Å². The molecule has 22 heavy (non-hydrogen) atoms. The Morgan fingerprint density at radius 3 is 3.05 bits per heavy atom. The van der Waals surface area contributed by atoms with Crippen molar-refractivity contribution < 1.29 is 4.79 Å². The molecule has 2 aliphatic heterocycles. The van der Waals surface area contributed by atoms with Gasteiger partial charge in [0.15, 0.2) is 0 Å². The molecule has 2 saturated heterocycles. The van der Waals surface area contributed by atoms with E-state index < -0.39 is 0 Å². The third-order valence-electron chi connectivity index (χ3n) is 4.83. The molecule has 0 unspecified atom stereocenters. The molecule has 0 aromatic carbocycles. The van der Waals surface area contributed by atoms with Gasteiger partial charge in [-0.1, -0.05) is 6.07 Å². The molecule has 2 aliphatic rings. The first-order chi connectivity index (χ1) is 10.8. The zero-order valence-corrected chi connectivity index (χ0v) is 13.5. The molecular weight excluding hydrogens is 294 g/mol. The summed E-state index contributed by atoms with van der Waals surface area (Å²) in [6.45, 7) is 4.78. The van der Waals surface area contributed by atoms with Crippen molar-refractivity contribution in [2.75, 3.05) is 26.2 Å². The minimum atomic E-state index is 0.188. The fourth-order valence-corrected chi connectivity index (χ4v) is 4.36. The first kappa shape index (κ1) is 14.0. The predicted octanol–water partition coefficient (Wildman–Crippen LogP) is 2.52. The van der Waals surface area contributed by atoms with Gasteiger partial charge in [-0.25, -0.2) is 0 Å². The van der Waals surface area contributed by atoms with E-state index in [4.69, 9.17) is 0 Å². The summed E-state index contributed by atoms with van der Waals surface area (Å²) < 4.78 is 2.08. The number of fused-ring (bicyclic) bond motifs is 1. The number of carbonyl (C=O) groups is 1. The summed E-state index contributed by atoms with van der Waals surface area (Å²) in [7, 11) is 0. The quantitative estimate of drug-likeness (QED) is 0.871. The number of hydrogen-bond donors (Lipinski definition) is 0. The van der Waals surface area contributed by atoms with Crippen LogP contribution in [0.25, 0.3) is 0 Å². The van der Waals surface area contributed by atoms with Crippen LogP contribution in [0, 0.1) is 0 Å². The third kappa shape index (κ3) is 2.59. The number of hydrogen-bond acceptors (Lipinski definition) is 3. The smallest absolute Gasteiger partial charge is 0.270 e. The van der Waals surface area contributed by atoms with Gasteiger partial charge in [-0.3, -0.25) is 9.69 Å². The molecule has 0 spiro atoms. The van der Waals surface area contributed by atoms with Crippen molar-refractivity contribution in [1.29, 1.82) is 0 Å². The highest BCUT2D eigenvalue weighted by Gasteiger charge is 2.33. The number of aromatic nitrogens is 1. The summed E-state index contributed by atoms with van der Waals surface area (Å²) in [5.74, 6) is 0.188. The van der Waals surface area contributed by atoms with E-state index in [1.54, 1.807) is 11.3 Å². The minimum absolute atomic E-state index is 0.188. The molecule has 0 N–H and O–H groups in total. The van der Waals surface area contributed by atoms with Crippen molar-refractivity contribution in [2.45, 2.75) is 25.4 Å². The maximum Gasteiger partial charge on any atom is 0.270 e. The lowest BCUT2D eigenvalue weighted by atomic mass is 10.1. The van der Waals surface area contributed by atoms with Crippen LogP contribution in [0.5, 0.6) is 0 Å². The predicted molar refractivity (Wildman–Crippen MR) is 88.4 cm³/mol.